The largest absolute Gasteiger partial charge is 0.228 e. The summed E-state index contributed by atoms with van der Waals surface area (Å²) < 4.78 is 0. The SMILES string of the molecule is CC1(C)c2ccccc2-c2c1cc1ccccc1c2-c1ccc(-c2nc(-c3ccccc3)cc(-c3ccccc3)n2)cc1.Cc1ccc(-c2cc(-c3cc(-c4ccccc4)nc(-c4ccccc4)n3)cc(-c3cc4ccccc4c4ccccc34)c2)c(C)c1.c1ccc(-c2ccc(-c3cc(-c4nc(-c5ccccc5)nc(-c5ccccc5)n4)cc(-c4cc5ccccc5c5ccccc45)c3)cc2)cc1. The minimum Gasteiger partial charge on any atom is -0.228 e. The Morgan fingerprint density at radius 2 is 0.460 bits per heavy atom. The van der Waals surface area contributed by atoms with Crippen LogP contribution in [0.4, 0.5) is 0 Å². The third-order valence-electron chi connectivity index (χ3n) is 27.0. The minimum absolute atomic E-state index is 0.0653. The number of aryl methyl sites for hydroxylation is 2. The first-order valence-corrected chi connectivity index (χ1v) is 47.5. The average Bonchev–Trinajstić information content (AvgIpc) is 1.52. The number of rotatable bonds is 15. The van der Waals surface area contributed by atoms with Gasteiger partial charge < -0.3 is 0 Å². The van der Waals surface area contributed by atoms with Crippen molar-refractivity contribution in [2.75, 3.05) is 0 Å². The van der Waals surface area contributed by atoms with Gasteiger partial charge in [-0.1, -0.05) is 444 Å². The van der Waals surface area contributed by atoms with Crippen LogP contribution in [0.1, 0.15) is 36.1 Å². The van der Waals surface area contributed by atoms with Crippen molar-refractivity contribution in [2.24, 2.45) is 0 Å². The van der Waals surface area contributed by atoms with E-state index in [0.29, 0.717) is 23.3 Å². The Morgan fingerprint density at radius 3 is 0.921 bits per heavy atom. The number of benzene rings is 21. The number of hydrogen-bond acceptors (Lipinski definition) is 7. The van der Waals surface area contributed by atoms with Gasteiger partial charge in [-0.15, -0.1) is 0 Å². The van der Waals surface area contributed by atoms with Crippen molar-refractivity contribution < 1.29 is 0 Å². The van der Waals surface area contributed by atoms with Crippen LogP contribution in [-0.2, 0) is 5.41 Å². The molecule has 0 amide bonds. The van der Waals surface area contributed by atoms with E-state index in [4.69, 9.17) is 34.9 Å². The Balaban J connectivity index is 0.000000117. The van der Waals surface area contributed by atoms with Gasteiger partial charge in [0.25, 0.3) is 0 Å². The van der Waals surface area contributed by atoms with Crippen LogP contribution >= 0.6 is 0 Å². The Morgan fingerprint density at radius 1 is 0.158 bits per heavy atom. The maximum atomic E-state index is 5.21. The first-order valence-electron chi connectivity index (χ1n) is 47.5. The van der Waals surface area contributed by atoms with Gasteiger partial charge in [0.2, 0.25) is 0 Å². The molecule has 1 aliphatic rings. The predicted octanol–water partition coefficient (Wildman–Crippen LogP) is 34.5. The second-order valence-electron chi connectivity index (χ2n) is 36.3. The molecule has 7 nitrogen and oxygen atoms in total. The Bertz CT molecular complexity index is 8560. The number of aromatic nitrogens is 7. The van der Waals surface area contributed by atoms with Crippen LogP contribution in [0, 0.1) is 13.8 Å². The molecule has 0 radical (unpaired) electrons. The van der Waals surface area contributed by atoms with Gasteiger partial charge in [-0.25, -0.2) is 34.9 Å². The van der Waals surface area contributed by atoms with Gasteiger partial charge in [0, 0.05) is 55.5 Å². The van der Waals surface area contributed by atoms with Crippen molar-refractivity contribution in [3.8, 4) is 180 Å². The van der Waals surface area contributed by atoms with Crippen molar-refractivity contribution in [1.29, 1.82) is 0 Å². The van der Waals surface area contributed by atoms with Gasteiger partial charge in [0.05, 0.1) is 22.8 Å². The van der Waals surface area contributed by atoms with E-state index < -0.39 is 0 Å². The van der Waals surface area contributed by atoms with Crippen molar-refractivity contribution >= 4 is 53.9 Å². The second-order valence-corrected chi connectivity index (χ2v) is 36.3. The summed E-state index contributed by atoms with van der Waals surface area (Å²) in [5.41, 5.74) is 34.7. The van der Waals surface area contributed by atoms with E-state index in [1.807, 2.05) is 97.1 Å². The third kappa shape index (κ3) is 17.1. The monoisotopic (exact) mass is 1780 g/mol. The first-order chi connectivity index (χ1) is 68.4. The maximum Gasteiger partial charge on any atom is 0.164 e. The molecule has 0 saturated heterocycles. The summed E-state index contributed by atoms with van der Waals surface area (Å²) in [5, 5.41) is 12.4. The molecule has 656 valence electrons. The third-order valence-corrected chi connectivity index (χ3v) is 27.0. The maximum absolute atomic E-state index is 5.21. The molecule has 25 rings (SSSR count). The zero-order valence-electron chi connectivity index (χ0n) is 77.4. The minimum atomic E-state index is -0.0653. The highest BCUT2D eigenvalue weighted by Crippen LogP contribution is 2.55. The van der Waals surface area contributed by atoms with Gasteiger partial charge in [-0.05, 0) is 229 Å². The molecular weight excluding hydrogens is 1680 g/mol. The lowest BCUT2D eigenvalue weighted by atomic mass is 9.80. The summed E-state index contributed by atoms with van der Waals surface area (Å²) in [6, 6.07) is 174. The van der Waals surface area contributed by atoms with Crippen molar-refractivity contribution in [3.63, 3.8) is 0 Å². The molecule has 0 unspecified atom stereocenters. The number of fused-ring (bicyclic) bond motifs is 10. The highest BCUT2D eigenvalue weighted by atomic mass is 15.0. The number of hydrogen-bond donors (Lipinski definition) is 0. The summed E-state index contributed by atoms with van der Waals surface area (Å²) in [6.07, 6.45) is 0. The fourth-order valence-corrected chi connectivity index (χ4v) is 20.1. The van der Waals surface area contributed by atoms with Crippen LogP contribution in [-0.4, -0.2) is 34.9 Å². The molecular formula is C132H93N7. The van der Waals surface area contributed by atoms with Gasteiger partial charge in [0.1, 0.15) is 0 Å². The molecule has 0 bridgehead atoms. The zero-order chi connectivity index (χ0) is 93.3. The van der Waals surface area contributed by atoms with E-state index in [1.165, 1.54) is 132 Å². The molecule has 0 atom stereocenters. The Kier molecular flexibility index (Phi) is 22.8. The second kappa shape index (κ2) is 37.2. The molecule has 1 aliphatic carbocycles. The molecule has 21 aromatic carbocycles. The topological polar surface area (TPSA) is 90.2 Å². The lowest BCUT2D eigenvalue weighted by Crippen LogP contribution is -2.14. The van der Waals surface area contributed by atoms with E-state index >= 15 is 0 Å². The van der Waals surface area contributed by atoms with E-state index in [-0.39, 0.29) is 5.41 Å². The average molecular weight is 1780 g/mol. The molecule has 7 heteroatoms. The van der Waals surface area contributed by atoms with E-state index in [2.05, 4.69) is 422 Å². The fourth-order valence-electron chi connectivity index (χ4n) is 20.1. The summed E-state index contributed by atoms with van der Waals surface area (Å²) in [7, 11) is 0. The molecule has 139 heavy (non-hydrogen) atoms. The summed E-state index contributed by atoms with van der Waals surface area (Å²) in [6.45, 7) is 9.05. The lowest BCUT2D eigenvalue weighted by molar-refractivity contribution is 0.661. The molecule has 3 heterocycles. The molecule has 0 aliphatic heterocycles. The summed E-state index contributed by atoms with van der Waals surface area (Å²) in [5.74, 6) is 3.36. The van der Waals surface area contributed by atoms with Gasteiger partial charge >= 0.3 is 0 Å². The van der Waals surface area contributed by atoms with Crippen molar-refractivity contribution in [2.45, 2.75) is 33.1 Å². The standard InChI is InChI=1S/C47H31N3.C44H32N2.C41H30N2/c1-4-14-32(15-5-1)33-24-26-34(27-25-33)38-28-39(44-31-37-20-10-11-21-41(37)42-22-12-13-23-43(42)44)30-40(29-38)47-49-45(35-16-6-2-7-17-35)48-46(50-47)36-18-8-3-9-19-36;1-29-21-22-37(30(2)23-29)34-24-35(41-27-33-17-9-10-18-38(33)39-19-11-12-20-40(39)41)26-36(25-34)43-28-42(31-13-5-3-6-14-31)45-44(46-43)32-15-7-4-8-16-32;1-41(2)34-20-12-11-19-33(34)39-35(41)25-31-17-9-10-18-32(31)38(39)29-21-23-30(24-22-29)40-42-36(27-13-5-3-6-14-27)26-37(43-40)28-15-7-4-8-16-28/h1-31H;3-28H,1-2H3;3-26H,1-2H3. The molecule has 0 fully saturated rings. The molecule has 0 N–H and O–H groups in total. The lowest BCUT2D eigenvalue weighted by Gasteiger charge is -2.23. The van der Waals surface area contributed by atoms with Gasteiger partial charge in [0.15, 0.2) is 29.1 Å². The van der Waals surface area contributed by atoms with Crippen LogP contribution in [0.2, 0.25) is 0 Å². The van der Waals surface area contributed by atoms with Crippen LogP contribution < -0.4 is 0 Å². The van der Waals surface area contributed by atoms with Crippen LogP contribution in [0.25, 0.3) is 234 Å². The highest BCUT2D eigenvalue weighted by Gasteiger charge is 2.38. The van der Waals surface area contributed by atoms with Crippen molar-refractivity contribution in [3.05, 3.63) is 514 Å². The van der Waals surface area contributed by atoms with E-state index in [9.17, 15) is 0 Å². The quantitative estimate of drug-likeness (QED) is 0.0945. The fraction of sp³-hybridized carbons (Fsp3) is 0.0379. The van der Waals surface area contributed by atoms with E-state index in [0.717, 1.165) is 101 Å². The Labute approximate surface area is 809 Å². The Hall–Kier alpha value is -17.9. The predicted molar refractivity (Wildman–Crippen MR) is 580 cm³/mol. The van der Waals surface area contributed by atoms with E-state index in [1.54, 1.807) is 0 Å². The first kappa shape index (κ1) is 85.3. The normalized spacial score (nSPS) is 11.8. The summed E-state index contributed by atoms with van der Waals surface area (Å²) >= 11 is 0. The summed E-state index contributed by atoms with van der Waals surface area (Å²) in [4.78, 5) is 35.5. The molecule has 0 spiro atoms. The smallest absolute Gasteiger partial charge is 0.164 e. The molecule has 0 saturated carbocycles. The molecule has 3 aromatic heterocycles. The molecule has 24 aromatic rings. The van der Waals surface area contributed by atoms with Crippen LogP contribution in [0.3, 0.4) is 0 Å². The van der Waals surface area contributed by atoms with Gasteiger partial charge in [-0.2, -0.15) is 0 Å². The van der Waals surface area contributed by atoms with Crippen LogP contribution in [0.15, 0.2) is 491 Å². The van der Waals surface area contributed by atoms with Crippen LogP contribution in [0.5, 0.6) is 0 Å². The van der Waals surface area contributed by atoms with Crippen molar-refractivity contribution in [1.82, 2.24) is 34.9 Å². The highest BCUT2D eigenvalue weighted by molar-refractivity contribution is 6.16. The number of nitrogens with zero attached hydrogens (tertiary/aromatic N) is 7. The van der Waals surface area contributed by atoms with Gasteiger partial charge in [-0.3, -0.25) is 0 Å². The zero-order valence-corrected chi connectivity index (χ0v) is 77.4.